The van der Waals surface area contributed by atoms with Crippen molar-refractivity contribution in [3.8, 4) is 5.82 Å². The van der Waals surface area contributed by atoms with E-state index in [2.05, 4.69) is 25.7 Å². The summed E-state index contributed by atoms with van der Waals surface area (Å²) < 4.78 is 1.57. The lowest BCUT2D eigenvalue weighted by Gasteiger charge is -2.21. The molecular formula is C13H18Cl2N6O. The molecule has 1 atom stereocenters. The van der Waals surface area contributed by atoms with Crippen molar-refractivity contribution >= 4 is 36.4 Å². The number of nitrogens with one attached hydrogen (secondary N) is 2. The maximum atomic E-state index is 12.1. The van der Waals surface area contributed by atoms with Crippen molar-refractivity contribution in [2.24, 2.45) is 5.92 Å². The molecule has 1 aliphatic rings. The van der Waals surface area contributed by atoms with Crippen molar-refractivity contribution in [2.75, 3.05) is 18.4 Å². The third kappa shape index (κ3) is 4.40. The highest BCUT2D eigenvalue weighted by Gasteiger charge is 2.20. The second-order valence-corrected chi connectivity index (χ2v) is 4.78. The second kappa shape index (κ2) is 8.67. The number of rotatable bonds is 3. The fraction of sp³-hybridized carbons (Fsp3) is 0.385. The number of aromatic nitrogens is 4. The van der Waals surface area contributed by atoms with Gasteiger partial charge in [0.05, 0.1) is 17.8 Å². The molecule has 7 nitrogen and oxygen atoms in total. The molecule has 2 aromatic rings. The number of hydrogen-bond acceptors (Lipinski definition) is 5. The van der Waals surface area contributed by atoms with E-state index < -0.39 is 0 Å². The zero-order valence-electron chi connectivity index (χ0n) is 11.8. The fourth-order valence-electron chi connectivity index (χ4n) is 2.24. The molecule has 0 radical (unpaired) electrons. The van der Waals surface area contributed by atoms with Crippen LogP contribution < -0.4 is 10.6 Å². The average Bonchev–Trinajstić information content (AvgIpc) is 3.03. The predicted molar refractivity (Wildman–Crippen MR) is 87.9 cm³/mol. The van der Waals surface area contributed by atoms with Gasteiger partial charge in [0.15, 0.2) is 5.82 Å². The first-order valence-corrected chi connectivity index (χ1v) is 6.65. The maximum Gasteiger partial charge on any atom is 0.228 e. The van der Waals surface area contributed by atoms with Crippen molar-refractivity contribution in [2.45, 2.75) is 12.8 Å². The van der Waals surface area contributed by atoms with Crippen LogP contribution in [0, 0.1) is 5.92 Å². The smallest absolute Gasteiger partial charge is 0.228 e. The van der Waals surface area contributed by atoms with E-state index in [1.54, 1.807) is 23.3 Å². The fourth-order valence-corrected chi connectivity index (χ4v) is 2.24. The third-order valence-corrected chi connectivity index (χ3v) is 3.34. The minimum atomic E-state index is 0. The molecule has 3 heterocycles. The molecule has 1 aliphatic heterocycles. The molecule has 1 saturated heterocycles. The number of pyridine rings is 1. The Kier molecular flexibility index (Phi) is 7.23. The summed E-state index contributed by atoms with van der Waals surface area (Å²) in [5, 5.41) is 10.1. The van der Waals surface area contributed by atoms with Crippen LogP contribution in [0.5, 0.6) is 0 Å². The topological polar surface area (TPSA) is 84.7 Å². The van der Waals surface area contributed by atoms with E-state index in [4.69, 9.17) is 0 Å². The molecule has 2 N–H and O–H groups in total. The summed E-state index contributed by atoms with van der Waals surface area (Å²) >= 11 is 0. The van der Waals surface area contributed by atoms with Gasteiger partial charge in [-0.15, -0.1) is 24.8 Å². The number of halogens is 2. The molecule has 1 fully saturated rings. The highest BCUT2D eigenvalue weighted by molar-refractivity contribution is 5.92. The third-order valence-electron chi connectivity index (χ3n) is 3.34. The molecule has 1 unspecified atom stereocenters. The van der Waals surface area contributed by atoms with Gasteiger partial charge in [0.2, 0.25) is 5.91 Å². The summed E-state index contributed by atoms with van der Waals surface area (Å²) in [5.74, 6) is 0.756. The van der Waals surface area contributed by atoms with Gasteiger partial charge in [0.25, 0.3) is 0 Å². The van der Waals surface area contributed by atoms with Crippen LogP contribution in [-0.4, -0.2) is 38.7 Å². The molecular weight excluding hydrogens is 327 g/mol. The van der Waals surface area contributed by atoms with E-state index in [1.165, 1.54) is 6.33 Å². The van der Waals surface area contributed by atoms with E-state index in [0.717, 1.165) is 25.9 Å². The van der Waals surface area contributed by atoms with Gasteiger partial charge in [-0.05, 0) is 31.5 Å². The van der Waals surface area contributed by atoms with Gasteiger partial charge >= 0.3 is 0 Å². The van der Waals surface area contributed by atoms with Crippen LogP contribution in [0.2, 0.25) is 0 Å². The van der Waals surface area contributed by atoms with Crippen LogP contribution in [0.3, 0.4) is 0 Å². The van der Waals surface area contributed by atoms with E-state index in [0.29, 0.717) is 11.5 Å². The maximum absolute atomic E-state index is 12.1. The van der Waals surface area contributed by atoms with Crippen molar-refractivity contribution in [1.82, 2.24) is 25.1 Å². The van der Waals surface area contributed by atoms with Crippen LogP contribution in [-0.2, 0) is 4.79 Å². The van der Waals surface area contributed by atoms with Gasteiger partial charge in [-0.25, -0.2) is 14.6 Å². The Balaban J connectivity index is 0.00000121. The molecule has 0 spiro atoms. The van der Waals surface area contributed by atoms with Crippen LogP contribution in [0.4, 0.5) is 5.69 Å². The minimum Gasteiger partial charge on any atom is -0.324 e. The van der Waals surface area contributed by atoms with E-state index in [9.17, 15) is 4.79 Å². The van der Waals surface area contributed by atoms with Crippen LogP contribution in [0.15, 0.2) is 31.0 Å². The predicted octanol–water partition coefficient (Wildman–Crippen LogP) is 1.44. The van der Waals surface area contributed by atoms with E-state index in [1.807, 2.05) is 6.07 Å². The molecule has 0 aromatic carbocycles. The summed E-state index contributed by atoms with van der Waals surface area (Å²) in [6.07, 6.45) is 6.64. The molecule has 0 saturated carbocycles. The van der Waals surface area contributed by atoms with Gasteiger partial charge in [-0.3, -0.25) is 4.79 Å². The van der Waals surface area contributed by atoms with Gasteiger partial charge in [-0.1, -0.05) is 0 Å². The van der Waals surface area contributed by atoms with E-state index in [-0.39, 0.29) is 36.6 Å². The largest absolute Gasteiger partial charge is 0.324 e. The number of anilines is 1. The monoisotopic (exact) mass is 344 g/mol. The van der Waals surface area contributed by atoms with Gasteiger partial charge < -0.3 is 10.6 Å². The Labute approximate surface area is 140 Å². The molecule has 1 amide bonds. The Hall–Kier alpha value is -1.70. The Morgan fingerprint density at radius 2 is 2.23 bits per heavy atom. The Morgan fingerprint density at radius 1 is 1.36 bits per heavy atom. The SMILES string of the molecule is Cl.Cl.O=C(Nc1ccc(-n2cncn2)nc1)C1CCCNC1. The van der Waals surface area contributed by atoms with Gasteiger partial charge in [-0.2, -0.15) is 5.10 Å². The quantitative estimate of drug-likeness (QED) is 0.880. The van der Waals surface area contributed by atoms with Crippen molar-refractivity contribution in [3.05, 3.63) is 31.0 Å². The Morgan fingerprint density at radius 3 is 2.82 bits per heavy atom. The molecule has 2 aromatic heterocycles. The number of hydrogen-bond donors (Lipinski definition) is 2. The summed E-state index contributed by atoms with van der Waals surface area (Å²) in [6, 6.07) is 3.61. The average molecular weight is 345 g/mol. The first kappa shape index (κ1) is 18.3. The van der Waals surface area contributed by atoms with Gasteiger partial charge in [0, 0.05) is 6.54 Å². The number of piperidine rings is 1. The summed E-state index contributed by atoms with van der Waals surface area (Å²) in [5.41, 5.74) is 0.699. The first-order valence-electron chi connectivity index (χ1n) is 6.65. The lowest BCUT2D eigenvalue weighted by molar-refractivity contribution is -0.120. The first-order chi connectivity index (χ1) is 9.83. The molecule has 0 aliphatic carbocycles. The van der Waals surface area contributed by atoms with Crippen LogP contribution >= 0.6 is 24.8 Å². The summed E-state index contributed by atoms with van der Waals surface area (Å²) in [7, 11) is 0. The zero-order valence-corrected chi connectivity index (χ0v) is 13.4. The number of carbonyl (C=O) groups is 1. The standard InChI is InChI=1S/C13H16N6O.2ClH/c20-13(10-2-1-5-14-6-10)18-11-3-4-12(16-7-11)19-9-15-8-17-19;;/h3-4,7-10,14H,1-2,5-6H2,(H,18,20);2*1H. The molecule has 3 rings (SSSR count). The Bertz CT molecular complexity index is 569. The molecule has 0 bridgehead atoms. The summed E-state index contributed by atoms with van der Waals surface area (Å²) in [6.45, 7) is 1.74. The van der Waals surface area contributed by atoms with Crippen LogP contribution in [0.1, 0.15) is 12.8 Å². The van der Waals surface area contributed by atoms with Crippen molar-refractivity contribution in [3.63, 3.8) is 0 Å². The second-order valence-electron chi connectivity index (χ2n) is 4.78. The normalized spacial score (nSPS) is 17.0. The van der Waals surface area contributed by atoms with Crippen molar-refractivity contribution in [1.29, 1.82) is 0 Å². The van der Waals surface area contributed by atoms with Crippen molar-refractivity contribution < 1.29 is 4.79 Å². The highest BCUT2D eigenvalue weighted by atomic mass is 35.5. The number of amides is 1. The molecule has 120 valence electrons. The lowest BCUT2D eigenvalue weighted by atomic mass is 9.99. The van der Waals surface area contributed by atoms with Gasteiger partial charge in [0.1, 0.15) is 12.7 Å². The summed E-state index contributed by atoms with van der Waals surface area (Å²) in [4.78, 5) is 20.2. The number of nitrogens with zero attached hydrogens (tertiary/aromatic N) is 4. The minimum absolute atomic E-state index is 0. The highest BCUT2D eigenvalue weighted by Crippen LogP contribution is 2.14. The zero-order chi connectivity index (χ0) is 13.8. The number of carbonyl (C=O) groups excluding carboxylic acids is 1. The molecule has 22 heavy (non-hydrogen) atoms. The van der Waals surface area contributed by atoms with Crippen LogP contribution in [0.25, 0.3) is 5.82 Å². The molecule has 9 heteroatoms. The lowest BCUT2D eigenvalue weighted by Crippen LogP contribution is -2.37. The van der Waals surface area contributed by atoms with E-state index >= 15 is 0 Å².